The molecule has 2 aromatic carbocycles. The van der Waals surface area contributed by atoms with E-state index in [1.54, 1.807) is 0 Å². The standard InChI is InChI=1S/C14H13FN2O4S/c1-21-13-7-6-9(22(16,19)20)8-12(13)17-14(18)10-4-2-3-5-11(10)15/h2-8H,1H3,(H,17,18)(H2,16,19,20). The number of anilines is 1. The summed E-state index contributed by atoms with van der Waals surface area (Å²) in [5.41, 5.74) is -0.104. The number of ether oxygens (including phenoxy) is 1. The highest BCUT2D eigenvalue weighted by Crippen LogP contribution is 2.27. The summed E-state index contributed by atoms with van der Waals surface area (Å²) in [6.45, 7) is 0. The summed E-state index contributed by atoms with van der Waals surface area (Å²) < 4.78 is 41.3. The second-order valence-corrected chi connectivity index (χ2v) is 5.90. The Hall–Kier alpha value is -2.45. The van der Waals surface area contributed by atoms with Crippen LogP contribution >= 0.6 is 0 Å². The van der Waals surface area contributed by atoms with Crippen molar-refractivity contribution >= 4 is 21.6 Å². The zero-order chi connectivity index (χ0) is 16.3. The van der Waals surface area contributed by atoms with Gasteiger partial charge in [0.15, 0.2) is 0 Å². The molecule has 8 heteroatoms. The van der Waals surface area contributed by atoms with Gasteiger partial charge in [0.25, 0.3) is 5.91 Å². The molecule has 1 amide bonds. The van der Waals surface area contributed by atoms with Crippen LogP contribution in [0.1, 0.15) is 10.4 Å². The Balaban J connectivity index is 2.40. The average Bonchev–Trinajstić information content (AvgIpc) is 2.46. The van der Waals surface area contributed by atoms with Crippen LogP contribution in [-0.4, -0.2) is 21.4 Å². The molecule has 0 unspecified atom stereocenters. The number of nitrogens with two attached hydrogens (primary N) is 1. The number of nitrogens with one attached hydrogen (secondary N) is 1. The summed E-state index contributed by atoms with van der Waals surface area (Å²) in [6, 6.07) is 9.15. The van der Waals surface area contributed by atoms with Gasteiger partial charge in [-0.05, 0) is 30.3 Å². The van der Waals surface area contributed by atoms with Crippen molar-refractivity contribution in [2.75, 3.05) is 12.4 Å². The fourth-order valence-corrected chi connectivity index (χ4v) is 2.34. The van der Waals surface area contributed by atoms with E-state index in [0.717, 1.165) is 12.1 Å². The van der Waals surface area contributed by atoms with E-state index in [-0.39, 0.29) is 21.9 Å². The fourth-order valence-electron chi connectivity index (χ4n) is 1.80. The van der Waals surface area contributed by atoms with Crippen LogP contribution in [0.5, 0.6) is 5.75 Å². The maximum Gasteiger partial charge on any atom is 0.258 e. The van der Waals surface area contributed by atoms with Gasteiger partial charge in [0, 0.05) is 0 Å². The van der Waals surface area contributed by atoms with E-state index in [1.165, 1.54) is 37.4 Å². The first-order valence-corrected chi connectivity index (χ1v) is 7.64. The topological polar surface area (TPSA) is 98.5 Å². The van der Waals surface area contributed by atoms with Gasteiger partial charge in [-0.25, -0.2) is 17.9 Å². The first-order valence-electron chi connectivity index (χ1n) is 6.09. The number of sulfonamides is 1. The molecule has 0 aliphatic rings. The monoisotopic (exact) mass is 324 g/mol. The van der Waals surface area contributed by atoms with Crippen molar-refractivity contribution in [2.45, 2.75) is 4.90 Å². The van der Waals surface area contributed by atoms with Crippen LogP contribution in [0.3, 0.4) is 0 Å². The SMILES string of the molecule is COc1ccc(S(N)(=O)=O)cc1NC(=O)c1ccccc1F. The molecule has 0 heterocycles. The smallest absolute Gasteiger partial charge is 0.258 e. The van der Waals surface area contributed by atoms with E-state index in [4.69, 9.17) is 9.88 Å². The highest BCUT2D eigenvalue weighted by Gasteiger charge is 2.16. The predicted octanol–water partition coefficient (Wildman–Crippen LogP) is 1.73. The third kappa shape index (κ3) is 3.41. The first-order chi connectivity index (χ1) is 10.3. The van der Waals surface area contributed by atoms with Gasteiger partial charge in [-0.2, -0.15) is 0 Å². The van der Waals surface area contributed by atoms with Gasteiger partial charge in [0.05, 0.1) is 23.3 Å². The van der Waals surface area contributed by atoms with Crippen molar-refractivity contribution in [3.05, 3.63) is 53.8 Å². The number of carbonyl (C=O) groups is 1. The lowest BCUT2D eigenvalue weighted by Crippen LogP contribution is -2.16. The summed E-state index contributed by atoms with van der Waals surface area (Å²) in [7, 11) is -2.59. The van der Waals surface area contributed by atoms with E-state index >= 15 is 0 Å². The molecule has 22 heavy (non-hydrogen) atoms. The fraction of sp³-hybridized carbons (Fsp3) is 0.0714. The van der Waals surface area contributed by atoms with Crippen molar-refractivity contribution < 1.29 is 22.3 Å². The number of halogens is 1. The first kappa shape index (κ1) is 15.9. The van der Waals surface area contributed by atoms with Crippen molar-refractivity contribution in [1.29, 1.82) is 0 Å². The molecule has 0 fully saturated rings. The molecule has 6 nitrogen and oxygen atoms in total. The summed E-state index contributed by atoms with van der Waals surface area (Å²) in [6.07, 6.45) is 0. The van der Waals surface area contributed by atoms with Gasteiger partial charge < -0.3 is 10.1 Å². The Bertz CT molecular complexity index is 821. The van der Waals surface area contributed by atoms with Crippen LogP contribution < -0.4 is 15.2 Å². The lowest BCUT2D eigenvalue weighted by Gasteiger charge is -2.12. The Morgan fingerprint density at radius 3 is 2.50 bits per heavy atom. The van der Waals surface area contributed by atoms with Crippen molar-refractivity contribution in [1.82, 2.24) is 0 Å². The molecule has 0 saturated heterocycles. The molecule has 0 aliphatic carbocycles. The van der Waals surface area contributed by atoms with E-state index in [0.29, 0.717) is 0 Å². The molecule has 0 aromatic heterocycles. The number of primary sulfonamides is 1. The number of hydrogen-bond donors (Lipinski definition) is 2. The van der Waals surface area contributed by atoms with Crippen molar-refractivity contribution in [2.24, 2.45) is 5.14 Å². The third-order valence-electron chi connectivity index (χ3n) is 2.87. The molecule has 2 aromatic rings. The number of methoxy groups -OCH3 is 1. The number of carbonyl (C=O) groups excluding carboxylic acids is 1. The zero-order valence-corrected chi connectivity index (χ0v) is 12.4. The molecule has 0 bridgehead atoms. The Labute approximate surface area is 126 Å². The lowest BCUT2D eigenvalue weighted by molar-refractivity contribution is 0.102. The Kier molecular flexibility index (Phi) is 4.43. The molecule has 2 rings (SSSR count). The van der Waals surface area contributed by atoms with Crippen LogP contribution in [-0.2, 0) is 10.0 Å². The van der Waals surface area contributed by atoms with Crippen molar-refractivity contribution in [3.8, 4) is 5.75 Å². The average molecular weight is 324 g/mol. The van der Waals surface area contributed by atoms with Gasteiger partial charge in [0.2, 0.25) is 10.0 Å². The van der Waals surface area contributed by atoms with E-state index in [2.05, 4.69) is 5.32 Å². The summed E-state index contributed by atoms with van der Waals surface area (Å²) in [5.74, 6) is -1.21. The number of benzene rings is 2. The van der Waals surface area contributed by atoms with E-state index < -0.39 is 21.7 Å². The molecule has 116 valence electrons. The minimum absolute atomic E-state index is 0.0716. The van der Waals surface area contributed by atoms with Crippen molar-refractivity contribution in [3.63, 3.8) is 0 Å². The summed E-state index contributed by atoms with van der Waals surface area (Å²) in [4.78, 5) is 11.9. The van der Waals surface area contributed by atoms with Crippen LogP contribution in [0, 0.1) is 5.82 Å². The van der Waals surface area contributed by atoms with Crippen LogP contribution in [0.4, 0.5) is 10.1 Å². The van der Waals surface area contributed by atoms with Gasteiger partial charge in [0.1, 0.15) is 11.6 Å². The second kappa shape index (κ2) is 6.12. The van der Waals surface area contributed by atoms with Gasteiger partial charge >= 0.3 is 0 Å². The quantitative estimate of drug-likeness (QED) is 0.895. The number of hydrogen-bond acceptors (Lipinski definition) is 4. The largest absolute Gasteiger partial charge is 0.495 e. The number of amides is 1. The molecule has 3 N–H and O–H groups in total. The minimum Gasteiger partial charge on any atom is -0.495 e. The van der Waals surface area contributed by atoms with Crippen LogP contribution in [0.15, 0.2) is 47.4 Å². The molecule has 0 atom stereocenters. The lowest BCUT2D eigenvalue weighted by atomic mass is 10.2. The Morgan fingerprint density at radius 1 is 1.23 bits per heavy atom. The van der Waals surface area contributed by atoms with Crippen LogP contribution in [0.2, 0.25) is 0 Å². The molecule has 0 saturated carbocycles. The summed E-state index contributed by atoms with van der Waals surface area (Å²) in [5, 5.41) is 7.45. The predicted molar refractivity (Wildman–Crippen MR) is 78.7 cm³/mol. The van der Waals surface area contributed by atoms with Gasteiger partial charge in [-0.3, -0.25) is 4.79 Å². The Morgan fingerprint density at radius 2 is 1.91 bits per heavy atom. The molecule has 0 spiro atoms. The molecule has 0 aliphatic heterocycles. The molecular formula is C14H13FN2O4S. The zero-order valence-electron chi connectivity index (χ0n) is 11.5. The highest BCUT2D eigenvalue weighted by atomic mass is 32.2. The third-order valence-corrected chi connectivity index (χ3v) is 3.78. The normalized spacial score (nSPS) is 11.0. The second-order valence-electron chi connectivity index (χ2n) is 4.34. The molecular weight excluding hydrogens is 311 g/mol. The maximum absolute atomic E-state index is 13.6. The number of rotatable bonds is 4. The van der Waals surface area contributed by atoms with Gasteiger partial charge in [-0.15, -0.1) is 0 Å². The minimum atomic E-state index is -3.94. The maximum atomic E-state index is 13.6. The van der Waals surface area contributed by atoms with E-state index in [1.807, 2.05) is 0 Å². The van der Waals surface area contributed by atoms with Gasteiger partial charge in [-0.1, -0.05) is 12.1 Å². The summed E-state index contributed by atoms with van der Waals surface area (Å²) >= 11 is 0. The van der Waals surface area contributed by atoms with E-state index in [9.17, 15) is 17.6 Å². The van der Waals surface area contributed by atoms with Crippen LogP contribution in [0.25, 0.3) is 0 Å². The highest BCUT2D eigenvalue weighted by molar-refractivity contribution is 7.89. The molecule has 0 radical (unpaired) electrons.